The van der Waals surface area contributed by atoms with Crippen LogP contribution in [0.3, 0.4) is 0 Å². The molecule has 0 saturated heterocycles. The topological polar surface area (TPSA) is 61.8 Å². The van der Waals surface area contributed by atoms with Gasteiger partial charge in [-0.25, -0.2) is 0 Å². The van der Waals surface area contributed by atoms with E-state index >= 15 is 9.59 Å². The van der Waals surface area contributed by atoms with E-state index in [9.17, 15) is 26.3 Å². The van der Waals surface area contributed by atoms with Crippen molar-refractivity contribution in [2.75, 3.05) is 12.3 Å². The summed E-state index contributed by atoms with van der Waals surface area (Å²) in [5.74, 6) is -1.80. The second-order valence-corrected chi connectivity index (χ2v) is 28.8. The Kier molecular flexibility index (Phi) is 15.6. The SMILES string of the molecule is O=C(CP(OB(Oc1cc(C(F)(F)F)cc(C(F)(F)F)c1)OP(CC(=O)c1ccc(Br)cc1)(c1ccccc1)(c1ccccc1)c1ccccc1)(c1ccccc1)(c1ccccc1)c1ccccc1)c1ccc(Br)cc1. The minimum atomic E-state index is -5.29. The Morgan fingerprint density at radius 2 is 0.632 bits per heavy atom. The van der Waals surface area contributed by atoms with Crippen molar-refractivity contribution in [3.63, 3.8) is 0 Å². The Hall–Kier alpha value is -6.50. The molecule has 0 bridgehead atoms. The van der Waals surface area contributed by atoms with Gasteiger partial charge < -0.3 is 0 Å². The van der Waals surface area contributed by atoms with E-state index in [4.69, 9.17) is 13.5 Å². The summed E-state index contributed by atoms with van der Waals surface area (Å²) < 4.78 is 114. The molecule has 0 atom stereocenters. The van der Waals surface area contributed by atoms with Gasteiger partial charge in [0.15, 0.2) is 0 Å². The fraction of sp³-hybridized carbons (Fsp3) is 0.0667. The van der Waals surface area contributed by atoms with E-state index in [0.29, 0.717) is 52.9 Å². The first-order valence-corrected chi connectivity index (χ1v) is 30.0. The van der Waals surface area contributed by atoms with Gasteiger partial charge in [-0.1, -0.05) is 0 Å². The molecule has 0 N–H and O–H groups in total. The second-order valence-electron chi connectivity index (χ2n) is 18.0. The fourth-order valence-corrected chi connectivity index (χ4v) is 21.5. The van der Waals surface area contributed by atoms with Crippen LogP contribution in [0, 0.1) is 0 Å². The molecule has 9 rings (SSSR count). The molecule has 9 aromatic carbocycles. The van der Waals surface area contributed by atoms with Crippen LogP contribution < -0.4 is 36.5 Å². The van der Waals surface area contributed by atoms with Crippen LogP contribution in [0.15, 0.2) is 258 Å². The third kappa shape index (κ3) is 10.4. The Labute approximate surface area is 453 Å². The molecule has 0 amide bonds. The van der Waals surface area contributed by atoms with Crippen LogP contribution in [0.1, 0.15) is 31.8 Å². The summed E-state index contributed by atoms with van der Waals surface area (Å²) in [6, 6.07) is 67.3. The molecule has 0 saturated carbocycles. The number of carbonyl (C=O) groups excluding carboxylic acids is 2. The quantitative estimate of drug-likeness (QED) is 0.0371. The number of alkyl halides is 6. The Bertz CT molecular complexity index is 3030. The molecule has 76 heavy (non-hydrogen) atoms. The van der Waals surface area contributed by atoms with Crippen molar-refractivity contribution in [1.82, 2.24) is 0 Å². The standard InChI is InChI=1S/C60H45BBr2F6O5P2/c62-48-35-31-44(32-36-48)57(70)42-75(51-19-7-1-8-20-51,52-21-9-2-10-22-52,53-23-11-3-12-24-53)73-61(72-50-40-46(59(64,65)66)39-47(41-50)60(67,68)69)74-76(54-25-13-4-14-26-54,55-27-15-5-16-28-55,56-29-17-6-18-30-56)43-58(71)45-33-37-49(63)38-34-45/h1-41H,42-43H2. The van der Waals surface area contributed by atoms with Gasteiger partial charge in [-0.3, -0.25) is 0 Å². The summed E-state index contributed by atoms with van der Waals surface area (Å²) in [5, 5.41) is 2.58. The predicted octanol–water partition coefficient (Wildman–Crippen LogP) is 14.3. The molecule has 0 aliphatic carbocycles. The van der Waals surface area contributed by atoms with Crippen molar-refractivity contribution < 1.29 is 49.5 Å². The van der Waals surface area contributed by atoms with Crippen LogP contribution in [0.5, 0.6) is 5.75 Å². The van der Waals surface area contributed by atoms with Crippen molar-refractivity contribution in [3.8, 4) is 5.75 Å². The average Bonchev–Trinajstić information content (AvgIpc) is 3.55. The van der Waals surface area contributed by atoms with Gasteiger partial charge in [0, 0.05) is 0 Å². The van der Waals surface area contributed by atoms with Crippen LogP contribution in [-0.2, 0) is 21.2 Å². The van der Waals surface area contributed by atoms with Crippen molar-refractivity contribution in [2.45, 2.75) is 12.4 Å². The normalized spacial score (nSPS) is 13.1. The number of hydrogen-bond acceptors (Lipinski definition) is 5. The van der Waals surface area contributed by atoms with Gasteiger partial charge in [-0.2, -0.15) is 0 Å². The number of halogens is 8. The van der Waals surface area contributed by atoms with Crippen LogP contribution in [0.25, 0.3) is 0 Å². The van der Waals surface area contributed by atoms with Gasteiger partial charge in [-0.05, 0) is 0 Å². The van der Waals surface area contributed by atoms with E-state index in [1.165, 1.54) is 0 Å². The molecular weight excluding hydrogens is 1150 g/mol. The van der Waals surface area contributed by atoms with E-state index in [1.54, 1.807) is 231 Å². The molecule has 0 unspecified atom stereocenters. The summed E-state index contributed by atoms with van der Waals surface area (Å²) in [7, 11) is -2.38. The van der Waals surface area contributed by atoms with E-state index in [1.807, 2.05) is 0 Å². The zero-order valence-electron chi connectivity index (χ0n) is 40.1. The minimum absolute atomic E-state index is 0.00713. The van der Waals surface area contributed by atoms with Crippen LogP contribution in [0.4, 0.5) is 26.3 Å². The summed E-state index contributed by atoms with van der Waals surface area (Å²) in [4.78, 5) is 31.3. The average molecular weight is 1190 g/mol. The van der Waals surface area contributed by atoms with E-state index in [0.717, 1.165) is 0 Å². The summed E-state index contributed by atoms with van der Waals surface area (Å²) in [6.07, 6.45) is -11.5. The van der Waals surface area contributed by atoms with Gasteiger partial charge in [0.05, 0.1) is 0 Å². The van der Waals surface area contributed by atoms with E-state index in [-0.39, 0.29) is 17.2 Å². The summed E-state index contributed by atoms with van der Waals surface area (Å²) in [6.45, 7) is -10.6. The van der Waals surface area contributed by atoms with E-state index < -0.39 is 74.1 Å². The molecule has 0 aliphatic heterocycles. The zero-order valence-corrected chi connectivity index (χ0v) is 45.1. The first-order chi connectivity index (χ1) is 36.4. The van der Waals surface area contributed by atoms with Gasteiger partial charge in [0.1, 0.15) is 0 Å². The number of benzene rings is 9. The van der Waals surface area contributed by atoms with Crippen molar-refractivity contribution in [1.29, 1.82) is 0 Å². The van der Waals surface area contributed by atoms with Crippen LogP contribution >= 0.6 is 45.5 Å². The third-order valence-corrected chi connectivity index (χ3v) is 25.9. The molecule has 9 aromatic rings. The molecule has 0 heterocycles. The number of carbonyl (C=O) groups is 2. The molecule has 0 aliphatic rings. The molecule has 384 valence electrons. The van der Waals surface area contributed by atoms with Crippen LogP contribution in [-0.4, -0.2) is 31.2 Å². The Morgan fingerprint density at radius 1 is 0.382 bits per heavy atom. The molecule has 16 heteroatoms. The maximum atomic E-state index is 15.7. The number of ketones is 2. The monoisotopic (exact) mass is 1190 g/mol. The first kappa shape index (κ1) is 54.3. The number of hydrogen-bond donors (Lipinski definition) is 0. The molecule has 0 aromatic heterocycles. The molecule has 0 fully saturated rings. The number of Topliss-reactive ketones (excluding diaryl/α,β-unsaturated/α-hetero) is 2. The van der Waals surface area contributed by atoms with Gasteiger partial charge in [-0.15, -0.1) is 0 Å². The maximum absolute atomic E-state index is 15.7. The first-order valence-electron chi connectivity index (χ1n) is 23.7. The predicted molar refractivity (Wildman–Crippen MR) is 302 cm³/mol. The van der Waals surface area contributed by atoms with Gasteiger partial charge in [0.2, 0.25) is 0 Å². The third-order valence-electron chi connectivity index (χ3n) is 13.5. The van der Waals surface area contributed by atoms with Gasteiger partial charge in [0.25, 0.3) is 0 Å². The molecule has 0 spiro atoms. The van der Waals surface area contributed by atoms with Gasteiger partial charge >= 0.3 is 456 Å². The summed E-state index contributed by atoms with van der Waals surface area (Å²) in [5.41, 5.74) is -2.78. The molecule has 5 nitrogen and oxygen atoms in total. The number of rotatable bonds is 18. The fourth-order valence-electron chi connectivity index (χ4n) is 9.89. The Morgan fingerprint density at radius 3 is 0.868 bits per heavy atom. The van der Waals surface area contributed by atoms with Crippen molar-refractivity contribution in [3.05, 3.63) is 280 Å². The summed E-state index contributed by atoms with van der Waals surface area (Å²) >= 11 is 6.95. The molecule has 0 radical (unpaired) electrons. The van der Waals surface area contributed by atoms with Crippen molar-refractivity contribution >= 4 is 96.2 Å². The van der Waals surface area contributed by atoms with Crippen molar-refractivity contribution in [2.24, 2.45) is 0 Å². The van der Waals surface area contributed by atoms with E-state index in [2.05, 4.69) is 31.9 Å². The van der Waals surface area contributed by atoms with Crippen LogP contribution in [0.2, 0.25) is 0 Å². The second kappa shape index (κ2) is 21.9. The Balaban J connectivity index is 1.47. The zero-order chi connectivity index (χ0) is 53.7. The molecular formula is C60H45BBr2F6O5P2.